The highest BCUT2D eigenvalue weighted by atomic mass is 16.6. The first-order chi connectivity index (χ1) is 30.5. The van der Waals surface area contributed by atoms with E-state index in [1.807, 2.05) is 12.2 Å². The molecule has 0 aromatic carbocycles. The lowest BCUT2D eigenvalue weighted by atomic mass is 10.1. The summed E-state index contributed by atoms with van der Waals surface area (Å²) in [5.74, 6) is -1.12. The Bertz CT molecular complexity index is 1440. The molecule has 0 saturated heterocycles. The number of allylic oxidation sites excluding steroid dienone is 24. The number of rotatable bonds is 40. The van der Waals surface area contributed by atoms with E-state index in [1.54, 1.807) is 0 Å². The molecule has 1 atom stereocenters. The summed E-state index contributed by atoms with van der Waals surface area (Å²) in [6.07, 6.45) is 70.0. The molecule has 0 saturated carbocycles. The standard InChI is InChI=1S/C56H84O6/c1-4-7-10-13-16-19-22-24-26-27-28-29-30-32-34-37-40-43-46-49-55(58)61-52-53(51-60-54(57)48-45-42-39-36-33-21-18-15-12-9-6-3)62-56(59)50-47-44-41-38-35-31-25-23-20-17-14-11-8-5-2/h7-12,16-21,24-26,28-29,31-32,34,36,39-40,43,53H,4-6,13-15,22-23,27,30,33,35,37-38,41-42,44-52H2,1-3H3/b10-7-,11-8-,12-9-,19-16-,20-17-,21-18-,26-24-,29-28-,31-25-,34-32-,39-36-,43-40-. The van der Waals surface area contributed by atoms with Gasteiger partial charge in [0.25, 0.3) is 0 Å². The van der Waals surface area contributed by atoms with Gasteiger partial charge in [0.05, 0.1) is 0 Å². The van der Waals surface area contributed by atoms with Crippen molar-refractivity contribution in [1.29, 1.82) is 0 Å². The first-order valence-electron chi connectivity index (χ1n) is 23.8. The minimum atomic E-state index is -0.845. The number of esters is 3. The lowest BCUT2D eigenvalue weighted by Crippen LogP contribution is -2.30. The fourth-order valence-corrected chi connectivity index (χ4v) is 5.62. The summed E-state index contributed by atoms with van der Waals surface area (Å²) in [5, 5.41) is 0. The molecule has 0 aromatic rings. The number of hydrogen-bond acceptors (Lipinski definition) is 6. The van der Waals surface area contributed by atoms with Gasteiger partial charge in [0.1, 0.15) is 13.2 Å². The van der Waals surface area contributed by atoms with Gasteiger partial charge in [0.15, 0.2) is 6.10 Å². The Kier molecular flexibility index (Phi) is 45.2. The highest BCUT2D eigenvalue weighted by molar-refractivity contribution is 5.71. The van der Waals surface area contributed by atoms with E-state index in [4.69, 9.17) is 14.2 Å². The molecule has 0 aliphatic carbocycles. The number of carbonyl (C=O) groups is 3. The van der Waals surface area contributed by atoms with Crippen molar-refractivity contribution >= 4 is 17.9 Å². The maximum Gasteiger partial charge on any atom is 0.306 e. The van der Waals surface area contributed by atoms with E-state index < -0.39 is 6.10 Å². The minimum Gasteiger partial charge on any atom is -0.462 e. The molecule has 1 unspecified atom stereocenters. The predicted molar refractivity (Wildman–Crippen MR) is 265 cm³/mol. The zero-order chi connectivity index (χ0) is 45.1. The third-order valence-corrected chi connectivity index (χ3v) is 9.08. The van der Waals surface area contributed by atoms with Gasteiger partial charge in [0, 0.05) is 19.3 Å². The van der Waals surface area contributed by atoms with Gasteiger partial charge in [-0.25, -0.2) is 0 Å². The maximum absolute atomic E-state index is 12.7. The summed E-state index contributed by atoms with van der Waals surface area (Å²) in [7, 11) is 0. The molecule has 0 aliphatic rings. The number of unbranched alkanes of at least 4 members (excludes halogenated alkanes) is 5. The molecule has 0 aliphatic heterocycles. The molecule has 6 heteroatoms. The molecule has 0 radical (unpaired) electrons. The molecule has 344 valence electrons. The van der Waals surface area contributed by atoms with Crippen LogP contribution in [-0.2, 0) is 28.6 Å². The summed E-state index contributed by atoms with van der Waals surface area (Å²) >= 11 is 0. The van der Waals surface area contributed by atoms with Crippen LogP contribution in [0, 0.1) is 0 Å². The smallest absolute Gasteiger partial charge is 0.306 e. The Hall–Kier alpha value is -4.71. The molecule has 62 heavy (non-hydrogen) atoms. The van der Waals surface area contributed by atoms with E-state index in [0.717, 1.165) is 109 Å². The molecular weight excluding hydrogens is 769 g/mol. The second-order valence-corrected chi connectivity index (χ2v) is 14.9. The van der Waals surface area contributed by atoms with E-state index in [-0.39, 0.29) is 50.4 Å². The Morgan fingerprint density at radius 3 is 1.03 bits per heavy atom. The van der Waals surface area contributed by atoms with Gasteiger partial charge < -0.3 is 14.2 Å². The van der Waals surface area contributed by atoms with E-state index in [1.165, 1.54) is 0 Å². The number of hydrogen-bond donors (Lipinski definition) is 0. The van der Waals surface area contributed by atoms with Gasteiger partial charge in [0.2, 0.25) is 0 Å². The number of carbonyl (C=O) groups excluding carboxylic acids is 3. The predicted octanol–water partition coefficient (Wildman–Crippen LogP) is 15.7. The molecule has 0 aromatic heterocycles. The first-order valence-corrected chi connectivity index (χ1v) is 23.8. The fraction of sp³-hybridized carbons (Fsp3) is 0.518. The van der Waals surface area contributed by atoms with Crippen LogP contribution in [0.25, 0.3) is 0 Å². The van der Waals surface area contributed by atoms with E-state index >= 15 is 0 Å². The number of ether oxygens (including phenoxy) is 3. The largest absolute Gasteiger partial charge is 0.462 e. The summed E-state index contributed by atoms with van der Waals surface area (Å²) < 4.78 is 16.6. The van der Waals surface area contributed by atoms with Gasteiger partial charge in [-0.15, -0.1) is 0 Å². The van der Waals surface area contributed by atoms with Gasteiger partial charge in [-0.05, 0) is 116 Å². The van der Waals surface area contributed by atoms with Crippen LogP contribution in [0.4, 0.5) is 0 Å². The van der Waals surface area contributed by atoms with Gasteiger partial charge in [-0.3, -0.25) is 14.4 Å². The monoisotopic (exact) mass is 853 g/mol. The average Bonchev–Trinajstić information content (AvgIpc) is 3.27. The summed E-state index contributed by atoms with van der Waals surface area (Å²) in [4.78, 5) is 37.8. The molecule has 0 amide bonds. The van der Waals surface area contributed by atoms with Crippen molar-refractivity contribution in [2.45, 2.75) is 175 Å². The van der Waals surface area contributed by atoms with Crippen LogP contribution in [0.3, 0.4) is 0 Å². The maximum atomic E-state index is 12.7. The highest BCUT2D eigenvalue weighted by Gasteiger charge is 2.19. The summed E-state index contributed by atoms with van der Waals surface area (Å²) in [5.41, 5.74) is 0. The Morgan fingerprint density at radius 2 is 0.629 bits per heavy atom. The van der Waals surface area contributed by atoms with Crippen molar-refractivity contribution in [3.8, 4) is 0 Å². The molecule has 0 rings (SSSR count). The molecule has 0 fully saturated rings. The zero-order valence-corrected chi connectivity index (χ0v) is 39.1. The Labute approximate surface area is 378 Å². The van der Waals surface area contributed by atoms with Gasteiger partial charge >= 0.3 is 17.9 Å². The van der Waals surface area contributed by atoms with E-state index in [9.17, 15) is 14.4 Å². The molecule has 0 spiro atoms. The van der Waals surface area contributed by atoms with Crippen molar-refractivity contribution in [3.63, 3.8) is 0 Å². The molecule has 6 nitrogen and oxygen atoms in total. The zero-order valence-electron chi connectivity index (χ0n) is 39.1. The lowest BCUT2D eigenvalue weighted by molar-refractivity contribution is -0.166. The highest BCUT2D eigenvalue weighted by Crippen LogP contribution is 2.10. The SMILES string of the molecule is CC/C=C\C/C=C\C/C=C\C/C=C\C/C=C\C/C=C\CCC(=O)OCC(COC(=O)CCC/C=C\C/C=C\C/C=C\CC)OC(=O)CCCCCC/C=C\C/C=C\C/C=C\CC. The minimum absolute atomic E-state index is 0.144. The van der Waals surface area contributed by atoms with Crippen molar-refractivity contribution in [2.24, 2.45) is 0 Å². The second-order valence-electron chi connectivity index (χ2n) is 14.9. The normalized spacial score (nSPS) is 13.4. The Balaban J connectivity index is 4.61. The molecule has 0 heterocycles. The average molecular weight is 853 g/mol. The third kappa shape index (κ3) is 46.4. The van der Waals surface area contributed by atoms with E-state index in [0.29, 0.717) is 19.3 Å². The lowest BCUT2D eigenvalue weighted by Gasteiger charge is -2.18. The van der Waals surface area contributed by atoms with E-state index in [2.05, 4.69) is 154 Å². The quantitative estimate of drug-likeness (QED) is 0.0264. The van der Waals surface area contributed by atoms with Crippen molar-refractivity contribution in [1.82, 2.24) is 0 Å². The first kappa shape index (κ1) is 57.3. The topological polar surface area (TPSA) is 78.9 Å². The van der Waals surface area contributed by atoms with Crippen LogP contribution < -0.4 is 0 Å². The van der Waals surface area contributed by atoms with Crippen LogP contribution in [0.15, 0.2) is 146 Å². The van der Waals surface area contributed by atoms with Crippen LogP contribution in [0.1, 0.15) is 168 Å². The molecular formula is C56H84O6. The third-order valence-electron chi connectivity index (χ3n) is 9.08. The Morgan fingerprint density at radius 1 is 0.323 bits per heavy atom. The van der Waals surface area contributed by atoms with Gasteiger partial charge in [-0.2, -0.15) is 0 Å². The van der Waals surface area contributed by atoms with Crippen molar-refractivity contribution in [2.75, 3.05) is 13.2 Å². The van der Waals surface area contributed by atoms with Gasteiger partial charge in [-0.1, -0.05) is 179 Å². The molecule has 0 bridgehead atoms. The second kappa shape index (κ2) is 49.0. The summed E-state index contributed by atoms with van der Waals surface area (Å²) in [6.45, 7) is 6.12. The van der Waals surface area contributed by atoms with Crippen LogP contribution >= 0.6 is 0 Å². The van der Waals surface area contributed by atoms with Crippen molar-refractivity contribution < 1.29 is 28.6 Å². The summed E-state index contributed by atoms with van der Waals surface area (Å²) in [6, 6.07) is 0. The molecule has 0 N–H and O–H groups in total. The fourth-order valence-electron chi connectivity index (χ4n) is 5.62. The van der Waals surface area contributed by atoms with Crippen molar-refractivity contribution in [3.05, 3.63) is 146 Å². The van der Waals surface area contributed by atoms with Crippen LogP contribution in [-0.4, -0.2) is 37.2 Å². The van der Waals surface area contributed by atoms with Crippen LogP contribution in [0.5, 0.6) is 0 Å². The van der Waals surface area contributed by atoms with Crippen LogP contribution in [0.2, 0.25) is 0 Å².